The molecule has 0 saturated carbocycles. The molecule has 174 valence electrons. The van der Waals surface area contributed by atoms with Crippen molar-refractivity contribution < 1.29 is 14.4 Å². The number of rotatable bonds is 3. The largest absolute Gasteiger partial charge is 0.352 e. The maximum Gasteiger partial charge on any atom is 0.240 e. The molecule has 0 aromatic heterocycles. The lowest BCUT2D eigenvalue weighted by molar-refractivity contribution is -0.122. The van der Waals surface area contributed by atoms with Gasteiger partial charge in [-0.05, 0) is 29.0 Å². The quantitative estimate of drug-likeness (QED) is 0.308. The van der Waals surface area contributed by atoms with Crippen molar-refractivity contribution in [3.63, 3.8) is 0 Å². The molecule has 0 N–H and O–H groups in total. The van der Waals surface area contributed by atoms with Crippen LogP contribution in [0.1, 0.15) is 15.9 Å². The predicted molar refractivity (Wildman–Crippen MR) is 140 cm³/mol. The number of amides is 2. The molecule has 2 saturated heterocycles. The predicted octanol–water partition coefficient (Wildman–Crippen LogP) is 5.11. The fourth-order valence-electron chi connectivity index (χ4n) is 6.23. The Labute approximate surface area is 208 Å². The minimum atomic E-state index is -0.780. The summed E-state index contributed by atoms with van der Waals surface area (Å²) < 4.78 is 0. The van der Waals surface area contributed by atoms with Gasteiger partial charge in [0.05, 0.1) is 23.6 Å². The molecule has 0 aliphatic carbocycles. The first-order valence-electron chi connectivity index (χ1n) is 12.2. The lowest BCUT2D eigenvalue weighted by Gasteiger charge is -2.37. The van der Waals surface area contributed by atoms with Crippen molar-refractivity contribution >= 4 is 45.8 Å². The van der Waals surface area contributed by atoms with Gasteiger partial charge in [0.25, 0.3) is 0 Å². The number of hydrogen-bond acceptors (Lipinski definition) is 4. The molecule has 4 aromatic carbocycles. The van der Waals surface area contributed by atoms with E-state index in [0.717, 1.165) is 22.0 Å². The number of nitrogens with zero attached hydrogens (tertiary/aromatic N) is 2. The third kappa shape index (κ3) is 2.80. The lowest BCUT2D eigenvalue weighted by Crippen LogP contribution is -2.48. The Balaban J connectivity index is 1.42. The normalized spacial score (nSPS) is 24.1. The summed E-state index contributed by atoms with van der Waals surface area (Å²) in [6.07, 6.45) is 4.05. The third-order valence-corrected chi connectivity index (χ3v) is 7.75. The standard InChI is InChI=1S/C31H22N2O3/c34-29(20-10-3-1-4-11-20)28-27-26(30(35)32(31(27)36)21-12-5-2-6-13-21)25-18-16-23-22-14-8-7-9-19(22)15-17-24(23)33(25)28/h1-18,25-28H. The zero-order valence-corrected chi connectivity index (χ0v) is 19.3. The summed E-state index contributed by atoms with van der Waals surface area (Å²) in [7, 11) is 0. The smallest absolute Gasteiger partial charge is 0.240 e. The average Bonchev–Trinajstić information content (AvgIpc) is 3.41. The number of imide groups is 1. The van der Waals surface area contributed by atoms with Gasteiger partial charge in [-0.3, -0.25) is 14.4 Å². The number of Topliss-reactive ketones (excluding diaryl/α,β-unsaturated/α-hetero) is 1. The Morgan fingerprint density at radius 1 is 0.694 bits per heavy atom. The molecule has 0 spiro atoms. The molecule has 3 aliphatic rings. The maximum absolute atomic E-state index is 14.1. The number of carbonyl (C=O) groups is 3. The summed E-state index contributed by atoms with van der Waals surface area (Å²) in [5.74, 6) is -2.10. The van der Waals surface area contributed by atoms with Crippen LogP contribution in [-0.4, -0.2) is 29.7 Å². The second-order valence-electron chi connectivity index (χ2n) is 9.55. The van der Waals surface area contributed by atoms with Crippen LogP contribution < -0.4 is 9.80 Å². The van der Waals surface area contributed by atoms with Crippen molar-refractivity contribution in [3.05, 3.63) is 114 Å². The highest BCUT2D eigenvalue weighted by Gasteiger charge is 2.64. The van der Waals surface area contributed by atoms with Crippen LogP contribution >= 0.6 is 0 Å². The van der Waals surface area contributed by atoms with Crippen molar-refractivity contribution in [2.75, 3.05) is 9.80 Å². The molecule has 3 aliphatic heterocycles. The summed E-state index contributed by atoms with van der Waals surface area (Å²) >= 11 is 0. The van der Waals surface area contributed by atoms with Crippen molar-refractivity contribution in [1.82, 2.24) is 0 Å². The van der Waals surface area contributed by atoms with Crippen LogP contribution in [0.5, 0.6) is 0 Å². The summed E-state index contributed by atoms with van der Waals surface area (Å²) in [6.45, 7) is 0. The number of hydrogen-bond donors (Lipinski definition) is 0. The third-order valence-electron chi connectivity index (χ3n) is 7.75. The van der Waals surface area contributed by atoms with Crippen LogP contribution in [0.3, 0.4) is 0 Å². The average molecular weight is 471 g/mol. The zero-order valence-electron chi connectivity index (χ0n) is 19.3. The highest BCUT2D eigenvalue weighted by Crippen LogP contribution is 2.50. The van der Waals surface area contributed by atoms with Gasteiger partial charge in [-0.15, -0.1) is 0 Å². The van der Waals surface area contributed by atoms with E-state index in [4.69, 9.17) is 0 Å². The van der Waals surface area contributed by atoms with E-state index in [1.807, 2.05) is 77.7 Å². The molecule has 5 nitrogen and oxygen atoms in total. The highest BCUT2D eigenvalue weighted by atomic mass is 16.2. The summed E-state index contributed by atoms with van der Waals surface area (Å²) in [5.41, 5.74) is 2.98. The van der Waals surface area contributed by atoms with Crippen LogP contribution in [0, 0.1) is 11.8 Å². The van der Waals surface area contributed by atoms with E-state index >= 15 is 0 Å². The molecule has 4 aromatic rings. The van der Waals surface area contributed by atoms with Gasteiger partial charge in [0.15, 0.2) is 5.78 Å². The fraction of sp³-hybridized carbons (Fsp3) is 0.129. The molecule has 0 radical (unpaired) electrons. The van der Waals surface area contributed by atoms with Crippen molar-refractivity contribution in [1.29, 1.82) is 0 Å². The topological polar surface area (TPSA) is 57.7 Å². The van der Waals surface area contributed by atoms with E-state index in [1.165, 1.54) is 4.90 Å². The van der Waals surface area contributed by atoms with Crippen LogP contribution in [0.25, 0.3) is 16.8 Å². The fourth-order valence-corrected chi connectivity index (χ4v) is 6.23. The Morgan fingerprint density at radius 3 is 2.14 bits per heavy atom. The molecular weight excluding hydrogens is 448 g/mol. The lowest BCUT2D eigenvalue weighted by atomic mass is 9.86. The summed E-state index contributed by atoms with van der Waals surface area (Å²) in [4.78, 5) is 45.1. The molecular formula is C31H22N2O3. The van der Waals surface area contributed by atoms with Gasteiger partial charge in [-0.2, -0.15) is 0 Å². The number of fused-ring (bicyclic) bond motifs is 7. The molecule has 7 rings (SSSR count). The van der Waals surface area contributed by atoms with E-state index in [9.17, 15) is 14.4 Å². The van der Waals surface area contributed by atoms with E-state index in [0.29, 0.717) is 11.3 Å². The van der Waals surface area contributed by atoms with E-state index in [1.54, 1.807) is 24.3 Å². The minimum Gasteiger partial charge on any atom is -0.352 e. The SMILES string of the molecule is O=C(c1ccccc1)C1C2C(=O)N(c3ccccc3)C(=O)C2C2C=Cc3c(ccc4ccccc34)N21. The van der Waals surface area contributed by atoms with Crippen LogP contribution in [0.15, 0.2) is 103 Å². The van der Waals surface area contributed by atoms with Crippen molar-refractivity contribution in [3.8, 4) is 0 Å². The molecule has 2 amide bonds. The zero-order chi connectivity index (χ0) is 24.4. The monoisotopic (exact) mass is 470 g/mol. The number of benzene rings is 4. The highest BCUT2D eigenvalue weighted by molar-refractivity contribution is 6.25. The summed E-state index contributed by atoms with van der Waals surface area (Å²) in [6, 6.07) is 29.1. The molecule has 36 heavy (non-hydrogen) atoms. The minimum absolute atomic E-state index is 0.140. The number of para-hydroxylation sites is 1. The molecule has 4 atom stereocenters. The molecule has 2 fully saturated rings. The van der Waals surface area contributed by atoms with Gasteiger partial charge in [0.2, 0.25) is 11.8 Å². The number of carbonyl (C=O) groups excluding carboxylic acids is 3. The molecule has 4 unspecified atom stereocenters. The van der Waals surface area contributed by atoms with Gasteiger partial charge in [0.1, 0.15) is 6.04 Å². The molecule has 5 heteroatoms. The number of ketones is 1. The Kier molecular flexibility index (Phi) is 4.48. The van der Waals surface area contributed by atoms with Crippen molar-refractivity contribution in [2.45, 2.75) is 12.1 Å². The first kappa shape index (κ1) is 20.8. The van der Waals surface area contributed by atoms with Gasteiger partial charge >= 0.3 is 0 Å². The second-order valence-corrected chi connectivity index (χ2v) is 9.55. The first-order chi connectivity index (χ1) is 17.6. The van der Waals surface area contributed by atoms with E-state index in [-0.39, 0.29) is 23.6 Å². The van der Waals surface area contributed by atoms with E-state index < -0.39 is 17.9 Å². The van der Waals surface area contributed by atoms with Crippen LogP contribution in [0.4, 0.5) is 11.4 Å². The molecule has 3 heterocycles. The second kappa shape index (κ2) is 7.75. The van der Waals surface area contributed by atoms with E-state index in [2.05, 4.69) is 12.1 Å². The number of anilines is 2. The molecule has 0 bridgehead atoms. The van der Waals surface area contributed by atoms with Crippen LogP contribution in [0.2, 0.25) is 0 Å². The van der Waals surface area contributed by atoms with Gasteiger partial charge in [-0.1, -0.05) is 91.0 Å². The Morgan fingerprint density at radius 2 is 1.36 bits per heavy atom. The van der Waals surface area contributed by atoms with Crippen LogP contribution in [-0.2, 0) is 9.59 Å². The summed E-state index contributed by atoms with van der Waals surface area (Å²) in [5, 5.41) is 2.18. The van der Waals surface area contributed by atoms with Gasteiger partial charge in [0, 0.05) is 16.8 Å². The van der Waals surface area contributed by atoms with Crippen molar-refractivity contribution in [2.24, 2.45) is 11.8 Å². The van der Waals surface area contributed by atoms with Gasteiger partial charge in [-0.25, -0.2) is 4.90 Å². The van der Waals surface area contributed by atoms with Gasteiger partial charge < -0.3 is 4.90 Å². The first-order valence-corrected chi connectivity index (χ1v) is 12.2. The Hall–Kier alpha value is -4.51. The maximum atomic E-state index is 14.1. The Bertz CT molecular complexity index is 1580.